The summed E-state index contributed by atoms with van der Waals surface area (Å²) in [5.74, 6) is -0.216. The highest BCUT2D eigenvalue weighted by molar-refractivity contribution is 7.09. The molecule has 4 rings (SSSR count). The molecule has 1 fully saturated rings. The van der Waals surface area contributed by atoms with E-state index >= 15 is 0 Å². The summed E-state index contributed by atoms with van der Waals surface area (Å²) in [5, 5.41) is 4.96. The van der Waals surface area contributed by atoms with Crippen LogP contribution in [0.1, 0.15) is 39.7 Å². The van der Waals surface area contributed by atoms with E-state index in [1.54, 1.807) is 22.3 Å². The van der Waals surface area contributed by atoms with E-state index in [0.29, 0.717) is 18.7 Å². The monoisotopic (exact) mass is 356 g/mol. The van der Waals surface area contributed by atoms with Crippen LogP contribution in [0.4, 0.5) is 0 Å². The minimum Gasteiger partial charge on any atom is -0.376 e. The molecule has 2 aromatic rings. The zero-order chi connectivity index (χ0) is 17.2. The van der Waals surface area contributed by atoms with Gasteiger partial charge in [-0.1, -0.05) is 24.3 Å². The Morgan fingerprint density at radius 2 is 2.16 bits per heavy atom. The van der Waals surface area contributed by atoms with E-state index in [1.165, 1.54) is 0 Å². The third kappa shape index (κ3) is 3.19. The molecule has 2 amide bonds. The molecule has 1 N–H and O–H groups in total. The lowest BCUT2D eigenvalue weighted by atomic mass is 10.0. The lowest BCUT2D eigenvalue weighted by Gasteiger charge is -2.24. The van der Waals surface area contributed by atoms with Crippen molar-refractivity contribution < 1.29 is 14.3 Å². The van der Waals surface area contributed by atoms with Gasteiger partial charge in [0.2, 0.25) is 5.91 Å². The average molecular weight is 356 g/mol. The predicted octanol–water partition coefficient (Wildman–Crippen LogP) is 2.74. The summed E-state index contributed by atoms with van der Waals surface area (Å²) >= 11 is 1.59. The highest BCUT2D eigenvalue weighted by Gasteiger charge is 2.41. The van der Waals surface area contributed by atoms with Crippen molar-refractivity contribution in [3.05, 3.63) is 57.8 Å². The molecule has 1 aromatic heterocycles. The Hall–Kier alpha value is -2.18. The number of rotatable bonds is 5. The van der Waals surface area contributed by atoms with E-state index in [1.807, 2.05) is 35.7 Å². The molecule has 6 heteroatoms. The van der Waals surface area contributed by atoms with Gasteiger partial charge in [0.05, 0.1) is 12.6 Å². The molecule has 1 saturated heterocycles. The number of nitrogens with zero attached hydrogens (tertiary/aromatic N) is 1. The van der Waals surface area contributed by atoms with Gasteiger partial charge in [0.15, 0.2) is 0 Å². The minimum absolute atomic E-state index is 0.0822. The van der Waals surface area contributed by atoms with Gasteiger partial charge in [-0.2, -0.15) is 0 Å². The molecule has 1 aromatic carbocycles. The predicted molar refractivity (Wildman–Crippen MR) is 95.4 cm³/mol. The standard InChI is InChI=1S/C19H20N2O3S/c22-18(20-11-13-5-3-9-24-13)17-15-7-1-2-8-16(15)19(23)21(17)12-14-6-4-10-25-14/h1-2,4,6-8,10,13,17H,3,5,9,11-12H2,(H,20,22)/t13-,17+/m1/s1. The minimum atomic E-state index is -0.577. The van der Waals surface area contributed by atoms with Crippen LogP contribution in [0.15, 0.2) is 41.8 Å². The number of hydrogen-bond donors (Lipinski definition) is 1. The summed E-state index contributed by atoms with van der Waals surface area (Å²) in [4.78, 5) is 28.5. The first-order chi connectivity index (χ1) is 12.2. The summed E-state index contributed by atoms with van der Waals surface area (Å²) < 4.78 is 5.58. The number of nitrogens with one attached hydrogen (secondary N) is 1. The first-order valence-electron chi connectivity index (χ1n) is 8.55. The second-order valence-corrected chi connectivity index (χ2v) is 7.41. The smallest absolute Gasteiger partial charge is 0.255 e. The first kappa shape index (κ1) is 16.3. The summed E-state index contributed by atoms with van der Waals surface area (Å²) in [6, 6.07) is 10.8. The van der Waals surface area contributed by atoms with E-state index in [-0.39, 0.29) is 17.9 Å². The SMILES string of the molecule is O=C(NC[C@H]1CCCO1)[C@@H]1c2ccccc2C(=O)N1Cc1cccs1. The van der Waals surface area contributed by atoms with Crippen LogP contribution in [0.3, 0.4) is 0 Å². The fourth-order valence-electron chi connectivity index (χ4n) is 3.50. The second kappa shape index (κ2) is 6.98. The molecule has 2 atom stereocenters. The van der Waals surface area contributed by atoms with Crippen molar-refractivity contribution in [1.29, 1.82) is 0 Å². The molecule has 5 nitrogen and oxygen atoms in total. The maximum atomic E-state index is 12.9. The van der Waals surface area contributed by atoms with Crippen molar-refractivity contribution in [2.75, 3.05) is 13.2 Å². The summed E-state index contributed by atoms with van der Waals surface area (Å²) in [6.07, 6.45) is 2.09. The molecular weight excluding hydrogens is 336 g/mol. The maximum absolute atomic E-state index is 12.9. The largest absolute Gasteiger partial charge is 0.376 e. The highest BCUT2D eigenvalue weighted by atomic mass is 32.1. The van der Waals surface area contributed by atoms with Crippen LogP contribution in [0.25, 0.3) is 0 Å². The maximum Gasteiger partial charge on any atom is 0.255 e. The topological polar surface area (TPSA) is 58.6 Å². The molecular formula is C19H20N2O3S. The number of ether oxygens (including phenoxy) is 1. The van der Waals surface area contributed by atoms with Crippen LogP contribution in [0, 0.1) is 0 Å². The fraction of sp³-hybridized carbons (Fsp3) is 0.368. The third-order valence-corrected chi connectivity index (χ3v) is 5.60. The number of carbonyl (C=O) groups is 2. The van der Waals surface area contributed by atoms with Crippen molar-refractivity contribution in [3.8, 4) is 0 Å². The molecule has 130 valence electrons. The Morgan fingerprint density at radius 1 is 1.28 bits per heavy atom. The van der Waals surface area contributed by atoms with Gasteiger partial charge in [0.1, 0.15) is 6.04 Å². The number of thiophene rings is 1. The molecule has 0 spiro atoms. The van der Waals surface area contributed by atoms with Gasteiger partial charge in [0, 0.05) is 23.6 Å². The van der Waals surface area contributed by atoms with Crippen molar-refractivity contribution in [2.24, 2.45) is 0 Å². The van der Waals surface area contributed by atoms with Gasteiger partial charge in [0.25, 0.3) is 5.91 Å². The van der Waals surface area contributed by atoms with E-state index in [9.17, 15) is 9.59 Å². The molecule has 25 heavy (non-hydrogen) atoms. The highest BCUT2D eigenvalue weighted by Crippen LogP contribution is 2.35. The molecule has 0 saturated carbocycles. The summed E-state index contributed by atoms with van der Waals surface area (Å²) in [5.41, 5.74) is 1.41. The van der Waals surface area contributed by atoms with E-state index in [2.05, 4.69) is 5.32 Å². The zero-order valence-corrected chi connectivity index (χ0v) is 14.6. The second-order valence-electron chi connectivity index (χ2n) is 6.38. The third-order valence-electron chi connectivity index (χ3n) is 4.74. The number of fused-ring (bicyclic) bond motifs is 1. The van der Waals surface area contributed by atoms with Gasteiger partial charge in [-0.05, 0) is 35.9 Å². The molecule has 0 bridgehead atoms. The van der Waals surface area contributed by atoms with Crippen LogP contribution in [-0.2, 0) is 16.1 Å². The Bertz CT molecular complexity index is 769. The summed E-state index contributed by atoms with van der Waals surface area (Å²) in [7, 11) is 0. The van der Waals surface area contributed by atoms with Gasteiger partial charge >= 0.3 is 0 Å². The first-order valence-corrected chi connectivity index (χ1v) is 9.43. The molecule has 3 heterocycles. The van der Waals surface area contributed by atoms with E-state index < -0.39 is 6.04 Å². The Morgan fingerprint density at radius 3 is 2.92 bits per heavy atom. The molecule has 0 unspecified atom stereocenters. The fourth-order valence-corrected chi connectivity index (χ4v) is 4.21. The van der Waals surface area contributed by atoms with E-state index in [0.717, 1.165) is 29.9 Å². The van der Waals surface area contributed by atoms with E-state index in [4.69, 9.17) is 4.74 Å². The normalized spacial score (nSPS) is 22.2. The molecule has 0 aliphatic carbocycles. The van der Waals surface area contributed by atoms with Gasteiger partial charge in [-0.25, -0.2) is 0 Å². The quantitative estimate of drug-likeness (QED) is 0.896. The number of carbonyl (C=O) groups excluding carboxylic acids is 2. The lowest BCUT2D eigenvalue weighted by molar-refractivity contribution is -0.126. The van der Waals surface area contributed by atoms with Crippen molar-refractivity contribution in [2.45, 2.75) is 31.5 Å². The molecule has 2 aliphatic heterocycles. The number of amides is 2. The van der Waals surface area contributed by atoms with Crippen molar-refractivity contribution >= 4 is 23.2 Å². The van der Waals surface area contributed by atoms with Crippen LogP contribution in [0.5, 0.6) is 0 Å². The van der Waals surface area contributed by atoms with Crippen LogP contribution in [0.2, 0.25) is 0 Å². The van der Waals surface area contributed by atoms with Gasteiger partial charge in [-0.15, -0.1) is 11.3 Å². The summed E-state index contributed by atoms with van der Waals surface area (Å²) in [6.45, 7) is 1.71. The number of benzene rings is 1. The van der Waals surface area contributed by atoms with Crippen molar-refractivity contribution in [3.63, 3.8) is 0 Å². The van der Waals surface area contributed by atoms with Gasteiger partial charge in [-0.3, -0.25) is 9.59 Å². The molecule has 0 radical (unpaired) electrons. The Balaban J connectivity index is 1.56. The van der Waals surface area contributed by atoms with Gasteiger partial charge < -0.3 is 15.0 Å². The zero-order valence-electron chi connectivity index (χ0n) is 13.8. The van der Waals surface area contributed by atoms with Crippen molar-refractivity contribution in [1.82, 2.24) is 10.2 Å². The average Bonchev–Trinajstić information content (AvgIpc) is 3.36. The molecule has 2 aliphatic rings. The van der Waals surface area contributed by atoms with Crippen LogP contribution < -0.4 is 5.32 Å². The Labute approximate surface area is 150 Å². The van der Waals surface area contributed by atoms with Crippen LogP contribution >= 0.6 is 11.3 Å². The number of hydrogen-bond acceptors (Lipinski definition) is 4. The lowest BCUT2D eigenvalue weighted by Crippen LogP contribution is -2.41. The Kier molecular flexibility index (Phi) is 4.55. The van der Waals surface area contributed by atoms with Crippen LogP contribution in [-0.4, -0.2) is 36.0 Å².